The van der Waals surface area contributed by atoms with E-state index in [2.05, 4.69) is 22.0 Å². The van der Waals surface area contributed by atoms with Gasteiger partial charge in [-0.15, -0.1) is 4.73 Å². The summed E-state index contributed by atoms with van der Waals surface area (Å²) in [5.74, 6) is -0.674. The SMILES string of the molecule is CCC(On1c(=O)n(C(=O)OC(C)(C)C)c2ncc(-c3cnn(C4CCN(C)CC4)c3)cc21)c1c(Cl)ccc(F)c1Cl. The predicted molar refractivity (Wildman–Crippen MR) is 159 cm³/mol. The number of aromatic nitrogens is 5. The van der Waals surface area contributed by atoms with E-state index < -0.39 is 29.3 Å². The summed E-state index contributed by atoms with van der Waals surface area (Å²) in [5.41, 5.74) is 0.167. The van der Waals surface area contributed by atoms with Crippen LogP contribution in [-0.4, -0.2) is 60.8 Å². The van der Waals surface area contributed by atoms with E-state index in [1.807, 2.05) is 10.9 Å². The molecular weight excluding hydrogens is 586 g/mol. The minimum Gasteiger partial charge on any atom is -0.443 e. The number of hydrogen-bond donors (Lipinski definition) is 0. The number of nitrogens with zero attached hydrogens (tertiary/aromatic N) is 6. The molecule has 42 heavy (non-hydrogen) atoms. The van der Waals surface area contributed by atoms with E-state index in [9.17, 15) is 14.0 Å². The molecule has 5 rings (SSSR count). The highest BCUT2D eigenvalue weighted by Gasteiger charge is 2.29. The van der Waals surface area contributed by atoms with E-state index in [0.29, 0.717) is 5.56 Å². The van der Waals surface area contributed by atoms with Crippen molar-refractivity contribution >= 4 is 40.5 Å². The van der Waals surface area contributed by atoms with E-state index in [-0.39, 0.29) is 39.2 Å². The minimum atomic E-state index is -0.924. The molecule has 0 amide bonds. The Kier molecular flexibility index (Phi) is 8.37. The van der Waals surface area contributed by atoms with Crippen molar-refractivity contribution in [3.8, 4) is 11.1 Å². The molecule has 3 aromatic heterocycles. The summed E-state index contributed by atoms with van der Waals surface area (Å²) >= 11 is 12.7. The van der Waals surface area contributed by atoms with Crippen molar-refractivity contribution in [2.75, 3.05) is 20.1 Å². The van der Waals surface area contributed by atoms with Crippen molar-refractivity contribution in [1.29, 1.82) is 0 Å². The van der Waals surface area contributed by atoms with E-state index >= 15 is 0 Å². The van der Waals surface area contributed by atoms with Crippen LogP contribution in [0.1, 0.15) is 64.7 Å². The number of fused-ring (bicyclic) bond motifs is 1. The third kappa shape index (κ3) is 5.91. The summed E-state index contributed by atoms with van der Waals surface area (Å²) in [4.78, 5) is 39.8. The number of carbonyl (C=O) groups excluding carboxylic acids is 1. The minimum absolute atomic E-state index is 0.0343. The number of pyridine rings is 1. The fourth-order valence-electron chi connectivity index (χ4n) is 5.03. The van der Waals surface area contributed by atoms with Crippen molar-refractivity contribution in [1.82, 2.24) is 29.0 Å². The molecule has 0 radical (unpaired) electrons. The van der Waals surface area contributed by atoms with Gasteiger partial charge in [-0.1, -0.05) is 30.1 Å². The quantitative estimate of drug-likeness (QED) is 0.240. The summed E-state index contributed by atoms with van der Waals surface area (Å²) < 4.78 is 23.6. The number of hydrogen-bond acceptors (Lipinski definition) is 7. The van der Waals surface area contributed by atoms with Crippen LogP contribution in [0.5, 0.6) is 0 Å². The number of benzene rings is 1. The number of carbonyl (C=O) groups is 1. The second kappa shape index (κ2) is 11.7. The zero-order valence-electron chi connectivity index (χ0n) is 24.1. The van der Waals surface area contributed by atoms with Crippen LogP contribution in [0.15, 0.2) is 41.6 Å². The Bertz CT molecular complexity index is 1680. The second-order valence-corrected chi connectivity index (χ2v) is 12.2. The first-order chi connectivity index (χ1) is 19.9. The highest BCUT2D eigenvalue weighted by Crippen LogP contribution is 2.35. The summed E-state index contributed by atoms with van der Waals surface area (Å²) in [6, 6.07) is 4.51. The van der Waals surface area contributed by atoms with Gasteiger partial charge < -0.3 is 14.5 Å². The van der Waals surface area contributed by atoms with Crippen LogP contribution in [0, 0.1) is 5.82 Å². The Hall–Kier alpha value is -3.41. The van der Waals surface area contributed by atoms with Crippen LogP contribution in [0.25, 0.3) is 22.3 Å². The second-order valence-electron chi connectivity index (χ2n) is 11.5. The Morgan fingerprint density at radius 1 is 1.17 bits per heavy atom. The Morgan fingerprint density at radius 2 is 1.88 bits per heavy atom. The molecule has 224 valence electrons. The van der Waals surface area contributed by atoms with E-state index in [1.54, 1.807) is 46.2 Å². The van der Waals surface area contributed by atoms with E-state index in [1.165, 1.54) is 6.07 Å². The van der Waals surface area contributed by atoms with Gasteiger partial charge in [0.15, 0.2) is 11.8 Å². The van der Waals surface area contributed by atoms with Crippen molar-refractivity contribution < 1.29 is 18.8 Å². The molecule has 0 saturated carbocycles. The average Bonchev–Trinajstić information content (AvgIpc) is 3.52. The maximum atomic E-state index is 14.4. The fourth-order valence-corrected chi connectivity index (χ4v) is 5.64. The van der Waals surface area contributed by atoms with Crippen molar-refractivity contribution in [3.05, 3.63) is 68.7 Å². The normalized spacial score (nSPS) is 15.7. The molecule has 0 aliphatic carbocycles. The van der Waals surface area contributed by atoms with Crippen LogP contribution < -0.4 is 10.5 Å². The molecule has 1 atom stereocenters. The molecule has 0 N–H and O–H groups in total. The Labute approximate surface area is 252 Å². The van der Waals surface area contributed by atoms with Gasteiger partial charge in [0.05, 0.1) is 17.3 Å². The molecular formula is C29H33Cl2FN6O4. The zero-order valence-corrected chi connectivity index (χ0v) is 25.6. The van der Waals surface area contributed by atoms with Crippen LogP contribution in [0.2, 0.25) is 10.0 Å². The monoisotopic (exact) mass is 618 g/mol. The molecule has 13 heteroatoms. The third-order valence-corrected chi connectivity index (χ3v) is 7.93. The highest BCUT2D eigenvalue weighted by atomic mass is 35.5. The average molecular weight is 620 g/mol. The lowest BCUT2D eigenvalue weighted by Crippen LogP contribution is -2.37. The molecule has 4 aromatic rings. The van der Waals surface area contributed by atoms with Gasteiger partial charge in [0.2, 0.25) is 0 Å². The van der Waals surface area contributed by atoms with Crippen LogP contribution in [0.3, 0.4) is 0 Å². The van der Waals surface area contributed by atoms with E-state index in [0.717, 1.165) is 46.9 Å². The molecule has 1 fully saturated rings. The van der Waals surface area contributed by atoms with Gasteiger partial charge in [-0.2, -0.15) is 9.67 Å². The molecule has 1 aromatic carbocycles. The molecule has 0 spiro atoms. The van der Waals surface area contributed by atoms with E-state index in [4.69, 9.17) is 32.8 Å². The van der Waals surface area contributed by atoms with Gasteiger partial charge in [0, 0.05) is 34.1 Å². The van der Waals surface area contributed by atoms with Gasteiger partial charge in [0.25, 0.3) is 0 Å². The number of ether oxygens (including phenoxy) is 1. The summed E-state index contributed by atoms with van der Waals surface area (Å²) in [6.45, 7) is 8.85. The van der Waals surface area contributed by atoms with Gasteiger partial charge >= 0.3 is 11.8 Å². The van der Waals surface area contributed by atoms with Crippen LogP contribution >= 0.6 is 23.2 Å². The number of rotatable bonds is 6. The zero-order chi connectivity index (χ0) is 30.3. The fraction of sp³-hybridized carbons (Fsp3) is 0.448. The maximum absolute atomic E-state index is 14.4. The standard InChI is InChI=1S/C29H33Cl2FN6O4/c1-6-23(24-20(30)7-8-21(32)25(24)31)42-38-22-13-17(18-15-34-36(16-18)19-9-11-35(5)12-10-19)14-33-26(22)37(27(38)39)28(40)41-29(2,3)4/h7-8,13-16,19,23H,6,9-12H2,1-5H3. The highest BCUT2D eigenvalue weighted by molar-refractivity contribution is 6.36. The summed E-state index contributed by atoms with van der Waals surface area (Å²) in [5, 5.41) is 4.56. The molecule has 0 bridgehead atoms. The topological polar surface area (TPSA) is 96.4 Å². The number of halogens is 3. The number of likely N-dealkylation sites (tertiary alicyclic amines) is 1. The lowest BCUT2D eigenvalue weighted by atomic mass is 10.1. The largest absolute Gasteiger partial charge is 0.443 e. The predicted octanol–water partition coefficient (Wildman–Crippen LogP) is 6.14. The Balaban J connectivity index is 1.60. The summed E-state index contributed by atoms with van der Waals surface area (Å²) in [6.07, 6.45) is 5.70. The van der Waals surface area contributed by atoms with Gasteiger partial charge in [-0.25, -0.2) is 19.0 Å². The van der Waals surface area contributed by atoms with Gasteiger partial charge in [-0.05, 0) is 78.4 Å². The van der Waals surface area contributed by atoms with Crippen molar-refractivity contribution in [2.24, 2.45) is 0 Å². The van der Waals surface area contributed by atoms with Gasteiger partial charge in [-0.3, -0.25) is 4.68 Å². The molecule has 1 saturated heterocycles. The van der Waals surface area contributed by atoms with Crippen LogP contribution in [-0.2, 0) is 4.74 Å². The molecule has 10 nitrogen and oxygen atoms in total. The first-order valence-electron chi connectivity index (χ1n) is 13.8. The van der Waals surface area contributed by atoms with Crippen LogP contribution in [0.4, 0.5) is 9.18 Å². The molecule has 1 aliphatic rings. The maximum Gasteiger partial charge on any atom is 0.424 e. The first-order valence-corrected chi connectivity index (χ1v) is 14.5. The number of imidazole rings is 1. The number of piperidine rings is 1. The molecule has 4 heterocycles. The third-order valence-electron chi connectivity index (χ3n) is 7.22. The Morgan fingerprint density at radius 3 is 2.55 bits per heavy atom. The first kappa shape index (κ1) is 30.1. The molecule has 1 aliphatic heterocycles. The van der Waals surface area contributed by atoms with Gasteiger partial charge in [0.1, 0.15) is 16.9 Å². The smallest absolute Gasteiger partial charge is 0.424 e. The van der Waals surface area contributed by atoms with Crippen molar-refractivity contribution in [3.63, 3.8) is 0 Å². The van der Waals surface area contributed by atoms with Crippen molar-refractivity contribution in [2.45, 2.75) is 64.7 Å². The lowest BCUT2D eigenvalue weighted by molar-refractivity contribution is 0.0301. The summed E-state index contributed by atoms with van der Waals surface area (Å²) in [7, 11) is 2.11. The molecule has 1 unspecified atom stereocenters. The lowest BCUT2D eigenvalue weighted by Gasteiger charge is -2.28.